The molecule has 0 saturated heterocycles. The van der Waals surface area contributed by atoms with Gasteiger partial charge < -0.3 is 9.88 Å². The van der Waals surface area contributed by atoms with Crippen molar-refractivity contribution in [2.45, 2.75) is 10.1 Å². The molecule has 146 valence electrons. The molecule has 1 N–H and O–H groups in total. The first-order chi connectivity index (χ1) is 13.3. The van der Waals surface area contributed by atoms with Crippen LogP contribution in [0.5, 0.6) is 0 Å². The molecule has 3 aromatic rings. The number of sulfone groups is 1. The van der Waals surface area contributed by atoms with Crippen LogP contribution in [-0.4, -0.2) is 41.1 Å². The normalized spacial score (nSPS) is 11.4. The zero-order valence-corrected chi connectivity index (χ0v) is 16.7. The van der Waals surface area contributed by atoms with E-state index >= 15 is 0 Å². The molecule has 0 radical (unpaired) electrons. The van der Waals surface area contributed by atoms with E-state index in [0.29, 0.717) is 22.2 Å². The predicted molar refractivity (Wildman–Crippen MR) is 105 cm³/mol. The van der Waals surface area contributed by atoms with E-state index in [9.17, 15) is 17.6 Å². The van der Waals surface area contributed by atoms with E-state index < -0.39 is 15.7 Å². The van der Waals surface area contributed by atoms with Crippen molar-refractivity contribution in [1.29, 1.82) is 0 Å². The van der Waals surface area contributed by atoms with E-state index in [1.165, 1.54) is 18.2 Å². The topological polar surface area (TPSA) is 94.0 Å². The summed E-state index contributed by atoms with van der Waals surface area (Å²) >= 11 is 1.14. The largest absolute Gasteiger partial charge is 0.325 e. The number of nitrogens with zero attached hydrogens (tertiary/aromatic N) is 3. The van der Waals surface area contributed by atoms with Crippen LogP contribution < -0.4 is 5.32 Å². The fraction of sp³-hybridized carbons (Fsp3) is 0.167. The van der Waals surface area contributed by atoms with Crippen LogP contribution in [0.3, 0.4) is 0 Å². The summed E-state index contributed by atoms with van der Waals surface area (Å²) in [4.78, 5) is 12.3. The van der Waals surface area contributed by atoms with Gasteiger partial charge >= 0.3 is 0 Å². The third-order valence-electron chi connectivity index (χ3n) is 3.83. The molecule has 1 amide bonds. The maximum atomic E-state index is 13.9. The molecule has 0 saturated carbocycles. The minimum atomic E-state index is -3.36. The van der Waals surface area contributed by atoms with E-state index in [4.69, 9.17) is 0 Å². The van der Waals surface area contributed by atoms with Crippen LogP contribution in [0, 0.1) is 5.82 Å². The summed E-state index contributed by atoms with van der Waals surface area (Å²) in [6.45, 7) is 0. The van der Waals surface area contributed by atoms with Gasteiger partial charge in [-0.05, 0) is 30.3 Å². The number of thioether (sulfide) groups is 1. The summed E-state index contributed by atoms with van der Waals surface area (Å²) in [5, 5.41) is 11.1. The van der Waals surface area contributed by atoms with E-state index in [1.54, 1.807) is 41.9 Å². The lowest BCUT2D eigenvalue weighted by molar-refractivity contribution is -0.113. The standard InChI is InChI=1S/C18H17FN4O3S2/c1-23-17(14-8-3-4-9-15(14)19)21-22-18(23)27-11-16(24)20-12-6-5-7-13(10-12)28(2,25)26/h3-10H,11H2,1-2H3,(H,20,24). The number of benzene rings is 2. The van der Waals surface area contributed by atoms with Gasteiger partial charge in [-0.2, -0.15) is 0 Å². The van der Waals surface area contributed by atoms with Crippen LogP contribution >= 0.6 is 11.8 Å². The quantitative estimate of drug-likeness (QED) is 0.617. The molecule has 0 atom stereocenters. The van der Waals surface area contributed by atoms with Crippen LogP contribution in [0.1, 0.15) is 0 Å². The number of hydrogen-bond acceptors (Lipinski definition) is 6. The summed E-state index contributed by atoms with van der Waals surface area (Å²) in [7, 11) is -1.67. The molecule has 0 fully saturated rings. The smallest absolute Gasteiger partial charge is 0.234 e. The highest BCUT2D eigenvalue weighted by atomic mass is 32.2. The van der Waals surface area contributed by atoms with Crippen LogP contribution in [0.2, 0.25) is 0 Å². The van der Waals surface area contributed by atoms with Crippen LogP contribution in [0.15, 0.2) is 58.6 Å². The van der Waals surface area contributed by atoms with Crippen molar-refractivity contribution in [3.05, 3.63) is 54.3 Å². The number of halogens is 1. The van der Waals surface area contributed by atoms with E-state index in [-0.39, 0.29) is 16.6 Å². The van der Waals surface area contributed by atoms with Crippen molar-refractivity contribution in [3.63, 3.8) is 0 Å². The highest BCUT2D eigenvalue weighted by molar-refractivity contribution is 7.99. The van der Waals surface area contributed by atoms with Gasteiger partial charge in [0.05, 0.1) is 16.2 Å². The molecule has 2 aromatic carbocycles. The maximum Gasteiger partial charge on any atom is 0.234 e. The van der Waals surface area contributed by atoms with Gasteiger partial charge in [0.2, 0.25) is 5.91 Å². The van der Waals surface area contributed by atoms with Gasteiger partial charge in [-0.3, -0.25) is 4.79 Å². The number of aromatic nitrogens is 3. The second kappa shape index (κ2) is 8.11. The molecular formula is C18H17FN4O3S2. The van der Waals surface area contributed by atoms with Crippen LogP contribution in [0.4, 0.5) is 10.1 Å². The van der Waals surface area contributed by atoms with E-state index in [2.05, 4.69) is 15.5 Å². The average Bonchev–Trinajstić information content (AvgIpc) is 3.00. The molecule has 28 heavy (non-hydrogen) atoms. The molecule has 1 heterocycles. The Balaban J connectivity index is 1.67. The fourth-order valence-electron chi connectivity index (χ4n) is 2.45. The first-order valence-corrected chi connectivity index (χ1v) is 11.0. The van der Waals surface area contributed by atoms with Gasteiger partial charge in [-0.15, -0.1) is 10.2 Å². The van der Waals surface area contributed by atoms with Gasteiger partial charge in [0.1, 0.15) is 5.82 Å². The minimum Gasteiger partial charge on any atom is -0.325 e. The monoisotopic (exact) mass is 420 g/mol. The van der Waals surface area contributed by atoms with Crippen molar-refractivity contribution in [1.82, 2.24) is 14.8 Å². The first kappa shape index (κ1) is 20.0. The molecular weight excluding hydrogens is 403 g/mol. The zero-order valence-electron chi connectivity index (χ0n) is 15.1. The maximum absolute atomic E-state index is 13.9. The Hall–Kier alpha value is -2.72. The van der Waals surface area contributed by atoms with Gasteiger partial charge in [-0.25, -0.2) is 12.8 Å². The highest BCUT2D eigenvalue weighted by Crippen LogP contribution is 2.24. The Morgan fingerprint density at radius 3 is 2.64 bits per heavy atom. The van der Waals surface area contributed by atoms with Crippen LogP contribution in [0.25, 0.3) is 11.4 Å². The lowest BCUT2D eigenvalue weighted by atomic mass is 10.2. The number of hydrogen-bond donors (Lipinski definition) is 1. The van der Waals surface area contributed by atoms with Crippen molar-refractivity contribution < 1.29 is 17.6 Å². The molecule has 0 aliphatic carbocycles. The molecule has 0 aliphatic rings. The zero-order chi connectivity index (χ0) is 20.3. The summed E-state index contributed by atoms with van der Waals surface area (Å²) in [5.41, 5.74) is 0.713. The minimum absolute atomic E-state index is 0.0341. The Morgan fingerprint density at radius 1 is 1.18 bits per heavy atom. The lowest BCUT2D eigenvalue weighted by Crippen LogP contribution is -2.14. The molecule has 0 spiro atoms. The average molecular weight is 420 g/mol. The molecule has 10 heteroatoms. The Bertz CT molecular complexity index is 1130. The summed E-state index contributed by atoms with van der Waals surface area (Å²) in [6, 6.07) is 12.3. The number of amides is 1. The Morgan fingerprint density at radius 2 is 1.93 bits per heavy atom. The van der Waals surface area contributed by atoms with Crippen molar-refractivity contribution in [3.8, 4) is 11.4 Å². The molecule has 7 nitrogen and oxygen atoms in total. The highest BCUT2D eigenvalue weighted by Gasteiger charge is 2.16. The predicted octanol–water partition coefficient (Wildman–Crippen LogP) is 2.76. The summed E-state index contributed by atoms with van der Waals surface area (Å²) < 4.78 is 38.8. The Labute approximate surface area is 165 Å². The molecule has 1 aromatic heterocycles. The van der Waals surface area contributed by atoms with Crippen LogP contribution in [-0.2, 0) is 21.7 Å². The molecule has 0 bridgehead atoms. The second-order valence-electron chi connectivity index (χ2n) is 5.98. The van der Waals surface area contributed by atoms with E-state index in [0.717, 1.165) is 18.0 Å². The summed E-state index contributed by atoms with van der Waals surface area (Å²) in [5.74, 6) is -0.335. The van der Waals surface area contributed by atoms with Crippen molar-refractivity contribution in [2.24, 2.45) is 7.05 Å². The van der Waals surface area contributed by atoms with Gasteiger partial charge in [0, 0.05) is 19.0 Å². The fourth-order valence-corrected chi connectivity index (χ4v) is 3.83. The molecule has 0 unspecified atom stereocenters. The third kappa shape index (κ3) is 4.57. The third-order valence-corrected chi connectivity index (χ3v) is 5.96. The first-order valence-electron chi connectivity index (χ1n) is 8.13. The van der Waals surface area contributed by atoms with Gasteiger partial charge in [0.25, 0.3) is 0 Å². The molecule has 0 aliphatic heterocycles. The molecule has 3 rings (SSSR count). The number of carbonyl (C=O) groups excluding carboxylic acids is 1. The summed E-state index contributed by atoms with van der Waals surface area (Å²) in [6.07, 6.45) is 1.10. The Kier molecular flexibility index (Phi) is 5.80. The van der Waals surface area contributed by atoms with Crippen molar-refractivity contribution >= 4 is 33.2 Å². The van der Waals surface area contributed by atoms with Crippen molar-refractivity contribution in [2.75, 3.05) is 17.3 Å². The van der Waals surface area contributed by atoms with E-state index in [1.807, 2.05) is 0 Å². The SMILES string of the molecule is Cn1c(SCC(=O)Nc2cccc(S(C)(=O)=O)c2)nnc1-c1ccccc1F. The number of anilines is 1. The number of rotatable bonds is 6. The second-order valence-corrected chi connectivity index (χ2v) is 8.94. The number of carbonyl (C=O) groups is 1. The number of nitrogens with one attached hydrogen (secondary N) is 1. The lowest BCUT2D eigenvalue weighted by Gasteiger charge is -2.07. The van der Waals surface area contributed by atoms with Gasteiger partial charge in [-0.1, -0.05) is 30.0 Å². The van der Waals surface area contributed by atoms with Gasteiger partial charge in [0.15, 0.2) is 20.8 Å².